The average molecular weight is 606 g/mol. The van der Waals surface area contributed by atoms with E-state index in [1.165, 1.54) is 24.1 Å². The number of carbonyl (C=O) groups excluding carboxylic acids is 2. The number of hydrogen-bond donors (Lipinski definition) is 1. The van der Waals surface area contributed by atoms with Crippen molar-refractivity contribution in [3.63, 3.8) is 0 Å². The summed E-state index contributed by atoms with van der Waals surface area (Å²) in [6, 6.07) is 13.4. The first-order valence-electron chi connectivity index (χ1n) is 14.1. The Balaban J connectivity index is 1.76. The number of nitrogens with zero attached hydrogens (tertiary/aromatic N) is 4. The number of methoxy groups -OCH3 is 1. The summed E-state index contributed by atoms with van der Waals surface area (Å²) < 4.78 is 17.6. The van der Waals surface area contributed by atoms with E-state index in [4.69, 9.17) is 14.2 Å². The highest BCUT2D eigenvalue weighted by Gasteiger charge is 2.39. The molecular formula is C32H39N5O7. The maximum absolute atomic E-state index is 13.3. The molecule has 1 heterocycles. The Bertz CT molecular complexity index is 1590. The van der Waals surface area contributed by atoms with Gasteiger partial charge < -0.3 is 34.2 Å². The van der Waals surface area contributed by atoms with Gasteiger partial charge in [-0.05, 0) is 70.3 Å². The third-order valence-electron chi connectivity index (χ3n) is 7.52. The lowest BCUT2D eigenvalue weighted by molar-refractivity contribution is -0.385. The first kappa shape index (κ1) is 32.1. The summed E-state index contributed by atoms with van der Waals surface area (Å²) in [7, 11) is 8.76. The van der Waals surface area contributed by atoms with E-state index >= 15 is 0 Å². The number of amides is 2. The van der Waals surface area contributed by atoms with Crippen molar-refractivity contribution in [2.24, 2.45) is 0 Å². The van der Waals surface area contributed by atoms with Crippen LogP contribution in [0, 0.1) is 17.0 Å². The van der Waals surface area contributed by atoms with Crippen LogP contribution in [-0.2, 0) is 11.4 Å². The van der Waals surface area contributed by atoms with Crippen LogP contribution < -0.4 is 24.4 Å². The minimum atomic E-state index is -0.832. The highest BCUT2D eigenvalue weighted by molar-refractivity contribution is 6.08. The van der Waals surface area contributed by atoms with Gasteiger partial charge in [0.2, 0.25) is 0 Å². The highest BCUT2D eigenvalue weighted by atomic mass is 16.6. The number of nitrogens with one attached hydrogen (secondary N) is 1. The number of benzene rings is 3. The second kappa shape index (κ2) is 12.8. The summed E-state index contributed by atoms with van der Waals surface area (Å²) in [5, 5.41) is 14.7. The molecule has 2 amide bonds. The first-order valence-corrected chi connectivity index (χ1v) is 14.1. The Morgan fingerprint density at radius 2 is 1.73 bits per heavy atom. The van der Waals surface area contributed by atoms with Gasteiger partial charge in [0.15, 0.2) is 0 Å². The van der Waals surface area contributed by atoms with Crippen molar-refractivity contribution in [1.29, 1.82) is 0 Å². The van der Waals surface area contributed by atoms with Crippen LogP contribution in [0.4, 0.5) is 21.9 Å². The summed E-state index contributed by atoms with van der Waals surface area (Å²) in [6.07, 6.45) is -0.495. The Morgan fingerprint density at radius 3 is 2.39 bits per heavy atom. The van der Waals surface area contributed by atoms with Gasteiger partial charge in [0.1, 0.15) is 29.4 Å². The van der Waals surface area contributed by atoms with Gasteiger partial charge in [0, 0.05) is 50.4 Å². The quantitative estimate of drug-likeness (QED) is 0.241. The molecule has 0 unspecified atom stereocenters. The molecule has 0 atom stereocenters. The largest absolute Gasteiger partial charge is 0.496 e. The zero-order valence-corrected chi connectivity index (χ0v) is 26.4. The maximum Gasteiger partial charge on any atom is 0.415 e. The Hall–Kier alpha value is -4.84. The topological polar surface area (TPSA) is 127 Å². The van der Waals surface area contributed by atoms with Crippen LogP contribution in [-0.4, -0.2) is 80.7 Å². The lowest BCUT2D eigenvalue weighted by Gasteiger charge is -2.39. The van der Waals surface area contributed by atoms with Gasteiger partial charge in [-0.1, -0.05) is 6.07 Å². The SMILES string of the molecule is COc1cc(OC(=O)N(C)CCN(C)C)ccc1-c1ccc2c(c1COc1cc([N+](=O)[O-])ccc1C)N(C)C(=O)C(C)(C)N2. The van der Waals surface area contributed by atoms with Crippen molar-refractivity contribution in [2.75, 3.05) is 58.6 Å². The second-order valence-electron chi connectivity index (χ2n) is 11.6. The molecule has 0 bridgehead atoms. The number of anilines is 2. The fourth-order valence-corrected chi connectivity index (χ4v) is 5.02. The molecule has 0 spiro atoms. The number of aryl methyl sites for hydroxylation is 1. The number of nitro groups is 1. The Morgan fingerprint density at radius 1 is 1.02 bits per heavy atom. The van der Waals surface area contributed by atoms with Crippen molar-refractivity contribution in [3.8, 4) is 28.4 Å². The zero-order valence-electron chi connectivity index (χ0n) is 26.4. The van der Waals surface area contributed by atoms with E-state index in [0.717, 1.165) is 11.3 Å². The molecule has 0 saturated heterocycles. The standard InChI is InChI=1S/C32H39N5O7/c1-20-9-10-21(37(40)41)17-27(20)43-19-25-23(13-14-26-29(25)36(7)30(38)32(2,3)33-26)24-12-11-22(18-28(24)42-8)44-31(39)35(6)16-15-34(4)5/h9-14,17-18,33H,15-16,19H2,1-8H3. The number of likely N-dealkylation sites (N-methyl/N-ethyl adjacent to an activating group) is 3. The van der Waals surface area contributed by atoms with Gasteiger partial charge in [0.25, 0.3) is 11.6 Å². The van der Waals surface area contributed by atoms with Crippen molar-refractivity contribution < 1.29 is 28.7 Å². The van der Waals surface area contributed by atoms with E-state index in [1.807, 2.05) is 45.0 Å². The second-order valence-corrected chi connectivity index (χ2v) is 11.6. The predicted molar refractivity (Wildman–Crippen MR) is 169 cm³/mol. The monoisotopic (exact) mass is 605 g/mol. The number of hydrogen-bond acceptors (Lipinski definition) is 9. The van der Waals surface area contributed by atoms with Crippen LogP contribution in [0.3, 0.4) is 0 Å². The molecule has 3 aromatic rings. The first-order chi connectivity index (χ1) is 20.7. The molecule has 0 radical (unpaired) electrons. The van der Waals surface area contributed by atoms with Gasteiger partial charge in [0.05, 0.1) is 29.5 Å². The van der Waals surface area contributed by atoms with Crippen LogP contribution in [0.2, 0.25) is 0 Å². The zero-order chi connectivity index (χ0) is 32.3. The molecule has 0 fully saturated rings. The normalized spacial score (nSPS) is 13.7. The van der Waals surface area contributed by atoms with Crippen LogP contribution in [0.25, 0.3) is 11.1 Å². The predicted octanol–water partition coefficient (Wildman–Crippen LogP) is 5.32. The number of nitro benzene ring substituents is 1. The fraction of sp³-hybridized carbons (Fsp3) is 0.375. The van der Waals surface area contributed by atoms with Crippen LogP contribution in [0.1, 0.15) is 25.0 Å². The highest BCUT2D eigenvalue weighted by Crippen LogP contribution is 2.45. The van der Waals surface area contributed by atoms with Gasteiger partial charge in [-0.3, -0.25) is 14.9 Å². The number of ether oxygens (including phenoxy) is 3. The number of fused-ring (bicyclic) bond motifs is 1. The van der Waals surface area contributed by atoms with Crippen LogP contribution >= 0.6 is 0 Å². The minimum Gasteiger partial charge on any atom is -0.496 e. The molecule has 0 aromatic heterocycles. The summed E-state index contributed by atoms with van der Waals surface area (Å²) in [5.41, 5.74) is 3.22. The van der Waals surface area contributed by atoms with Gasteiger partial charge in [-0.2, -0.15) is 0 Å². The molecule has 12 heteroatoms. The molecule has 1 aliphatic rings. The van der Waals surface area contributed by atoms with E-state index in [2.05, 4.69) is 5.32 Å². The summed E-state index contributed by atoms with van der Waals surface area (Å²) in [6.45, 7) is 6.62. The third kappa shape index (κ3) is 6.70. The molecule has 4 rings (SSSR count). The summed E-state index contributed by atoms with van der Waals surface area (Å²) >= 11 is 0. The molecule has 44 heavy (non-hydrogen) atoms. The lowest BCUT2D eigenvalue weighted by atomic mass is 9.91. The molecule has 3 aromatic carbocycles. The van der Waals surface area contributed by atoms with Crippen LogP contribution in [0.15, 0.2) is 48.5 Å². The van der Waals surface area contributed by atoms with Crippen LogP contribution in [0.5, 0.6) is 17.2 Å². The van der Waals surface area contributed by atoms with Gasteiger partial charge in [-0.15, -0.1) is 0 Å². The molecule has 0 aliphatic carbocycles. The molecular weight excluding hydrogens is 566 g/mol. The molecule has 12 nitrogen and oxygen atoms in total. The third-order valence-corrected chi connectivity index (χ3v) is 7.52. The Kier molecular flexibility index (Phi) is 9.33. The Labute approximate surface area is 257 Å². The molecule has 1 N–H and O–H groups in total. The maximum atomic E-state index is 13.3. The van der Waals surface area contributed by atoms with E-state index in [0.29, 0.717) is 52.7 Å². The molecule has 0 saturated carbocycles. The van der Waals surface area contributed by atoms with Crippen molar-refractivity contribution in [2.45, 2.75) is 32.9 Å². The molecule has 234 valence electrons. The van der Waals surface area contributed by atoms with Crippen molar-refractivity contribution >= 4 is 29.1 Å². The van der Waals surface area contributed by atoms with E-state index in [9.17, 15) is 19.7 Å². The summed E-state index contributed by atoms with van der Waals surface area (Å²) in [5.74, 6) is 0.971. The smallest absolute Gasteiger partial charge is 0.415 e. The summed E-state index contributed by atoms with van der Waals surface area (Å²) in [4.78, 5) is 42.0. The van der Waals surface area contributed by atoms with Gasteiger partial charge >= 0.3 is 6.09 Å². The lowest BCUT2D eigenvalue weighted by Crippen LogP contribution is -2.52. The van der Waals surface area contributed by atoms with E-state index < -0.39 is 16.6 Å². The number of rotatable bonds is 10. The number of carbonyl (C=O) groups is 2. The average Bonchev–Trinajstić information content (AvgIpc) is 2.97. The minimum absolute atomic E-state index is 0.00317. The molecule has 1 aliphatic heterocycles. The van der Waals surface area contributed by atoms with Crippen molar-refractivity contribution in [3.05, 3.63) is 69.8 Å². The van der Waals surface area contributed by atoms with E-state index in [1.54, 1.807) is 50.2 Å². The fourth-order valence-electron chi connectivity index (χ4n) is 5.02. The number of non-ortho nitro benzene ring substituents is 1. The van der Waals surface area contributed by atoms with Gasteiger partial charge in [-0.25, -0.2) is 4.79 Å². The van der Waals surface area contributed by atoms with E-state index in [-0.39, 0.29) is 18.2 Å². The van der Waals surface area contributed by atoms with Crippen molar-refractivity contribution in [1.82, 2.24) is 9.80 Å².